The number of pyridine rings is 1. The molecule has 5 nitrogen and oxygen atoms in total. The van der Waals surface area contributed by atoms with Crippen LogP contribution < -0.4 is 10.6 Å². The lowest BCUT2D eigenvalue weighted by atomic mass is 10.3. The van der Waals surface area contributed by atoms with E-state index in [1.165, 1.54) is 4.90 Å². The van der Waals surface area contributed by atoms with E-state index in [2.05, 4.69) is 4.98 Å². The number of rotatable bonds is 1. The highest BCUT2D eigenvalue weighted by Crippen LogP contribution is 2.24. The molecule has 2 N–H and O–H groups in total. The second-order valence-electron chi connectivity index (χ2n) is 3.56. The van der Waals surface area contributed by atoms with E-state index >= 15 is 0 Å². The summed E-state index contributed by atoms with van der Waals surface area (Å²) in [4.78, 5) is 28.1. The van der Waals surface area contributed by atoms with Crippen molar-refractivity contribution in [2.45, 2.75) is 13.3 Å². The minimum absolute atomic E-state index is 0.0466. The number of Topliss-reactive ketones (excluding diaryl/α,β-unsaturated/α-hetero) is 1. The van der Waals surface area contributed by atoms with E-state index in [9.17, 15) is 9.59 Å². The number of hydrogen-bond donors (Lipinski definition) is 1. The van der Waals surface area contributed by atoms with Crippen molar-refractivity contribution in [1.29, 1.82) is 0 Å². The number of aryl methyl sites for hydroxylation is 1. The third-order valence-corrected chi connectivity index (χ3v) is 2.28. The van der Waals surface area contributed by atoms with Gasteiger partial charge in [0.2, 0.25) is 5.91 Å². The molecule has 0 unspecified atom stereocenters. The maximum absolute atomic E-state index is 11.5. The van der Waals surface area contributed by atoms with Crippen LogP contribution in [0.2, 0.25) is 0 Å². The summed E-state index contributed by atoms with van der Waals surface area (Å²) >= 11 is 0. The van der Waals surface area contributed by atoms with Crippen molar-refractivity contribution < 1.29 is 9.59 Å². The van der Waals surface area contributed by atoms with Crippen LogP contribution in [0.4, 0.5) is 11.5 Å². The second kappa shape index (κ2) is 3.34. The fourth-order valence-corrected chi connectivity index (χ4v) is 1.55. The van der Waals surface area contributed by atoms with Gasteiger partial charge < -0.3 is 5.73 Å². The smallest absolute Gasteiger partial charge is 0.236 e. The minimum atomic E-state index is -0.232. The van der Waals surface area contributed by atoms with Gasteiger partial charge in [-0.15, -0.1) is 0 Å². The maximum atomic E-state index is 11.5. The van der Waals surface area contributed by atoms with E-state index < -0.39 is 0 Å². The molecule has 0 atom stereocenters. The Morgan fingerprint density at radius 2 is 2.13 bits per heavy atom. The SMILES string of the molecule is Cc1ccc(N)c(N2CC(=O)CC2=O)n1. The van der Waals surface area contributed by atoms with Gasteiger partial charge in [-0.25, -0.2) is 4.98 Å². The molecule has 1 aromatic rings. The van der Waals surface area contributed by atoms with Gasteiger partial charge in [0.1, 0.15) is 0 Å². The zero-order valence-corrected chi connectivity index (χ0v) is 8.36. The molecule has 1 amide bonds. The monoisotopic (exact) mass is 205 g/mol. The number of nitrogens with zero attached hydrogens (tertiary/aromatic N) is 2. The van der Waals surface area contributed by atoms with Crippen molar-refractivity contribution >= 4 is 23.2 Å². The van der Waals surface area contributed by atoms with Gasteiger partial charge in [-0.1, -0.05) is 0 Å². The molecule has 1 aromatic heterocycles. The molecule has 2 heterocycles. The van der Waals surface area contributed by atoms with Crippen molar-refractivity contribution in [2.75, 3.05) is 17.2 Å². The summed E-state index contributed by atoms with van der Waals surface area (Å²) in [6, 6.07) is 3.45. The molecule has 1 aliphatic rings. The summed E-state index contributed by atoms with van der Waals surface area (Å²) in [6.07, 6.45) is -0.0466. The van der Waals surface area contributed by atoms with E-state index in [1.54, 1.807) is 12.1 Å². The van der Waals surface area contributed by atoms with Crippen LogP contribution in [0.3, 0.4) is 0 Å². The quantitative estimate of drug-likeness (QED) is 0.668. The molecule has 0 saturated carbocycles. The average Bonchev–Trinajstić information content (AvgIpc) is 2.50. The first-order chi connectivity index (χ1) is 7.08. The molecule has 0 bridgehead atoms. The van der Waals surface area contributed by atoms with Crippen LogP contribution in [0.15, 0.2) is 12.1 Å². The number of ketones is 1. The molecule has 0 aliphatic carbocycles. The van der Waals surface area contributed by atoms with Crippen LogP contribution in [0, 0.1) is 6.92 Å². The van der Waals surface area contributed by atoms with Crippen LogP contribution in [0.1, 0.15) is 12.1 Å². The number of nitrogens with two attached hydrogens (primary N) is 1. The Kier molecular flexibility index (Phi) is 2.15. The Hall–Kier alpha value is -1.91. The molecular formula is C10H11N3O2. The number of aromatic nitrogens is 1. The lowest BCUT2D eigenvalue weighted by molar-refractivity contribution is -0.121. The summed E-state index contributed by atoms with van der Waals surface area (Å²) < 4.78 is 0. The van der Waals surface area contributed by atoms with Crippen molar-refractivity contribution in [3.8, 4) is 0 Å². The van der Waals surface area contributed by atoms with Crippen LogP contribution in [-0.2, 0) is 9.59 Å². The first-order valence-corrected chi connectivity index (χ1v) is 4.63. The van der Waals surface area contributed by atoms with E-state index in [4.69, 9.17) is 5.73 Å². The normalized spacial score (nSPS) is 16.2. The van der Waals surface area contributed by atoms with Crippen molar-refractivity contribution in [1.82, 2.24) is 4.98 Å². The largest absolute Gasteiger partial charge is 0.396 e. The third-order valence-electron chi connectivity index (χ3n) is 2.28. The lowest BCUT2D eigenvalue weighted by Crippen LogP contribution is -2.26. The zero-order chi connectivity index (χ0) is 11.0. The van der Waals surface area contributed by atoms with Gasteiger partial charge >= 0.3 is 0 Å². The second-order valence-corrected chi connectivity index (χ2v) is 3.56. The summed E-state index contributed by atoms with van der Waals surface area (Å²) in [5, 5.41) is 0. The van der Waals surface area contributed by atoms with E-state index in [0.29, 0.717) is 11.5 Å². The van der Waals surface area contributed by atoms with Crippen LogP contribution >= 0.6 is 0 Å². The van der Waals surface area contributed by atoms with Gasteiger partial charge in [0, 0.05) is 5.69 Å². The Balaban J connectivity index is 2.41. The van der Waals surface area contributed by atoms with Crippen LogP contribution in [0.25, 0.3) is 0 Å². The number of carbonyl (C=O) groups excluding carboxylic acids is 2. The van der Waals surface area contributed by atoms with E-state index in [1.807, 2.05) is 6.92 Å². The molecule has 0 radical (unpaired) electrons. The predicted octanol–water partition coefficient (Wildman–Crippen LogP) is 0.278. The third kappa shape index (κ3) is 1.68. The number of carbonyl (C=O) groups is 2. The molecule has 0 aromatic carbocycles. The number of amides is 1. The molecule has 15 heavy (non-hydrogen) atoms. The summed E-state index contributed by atoms with van der Waals surface area (Å²) in [7, 11) is 0. The predicted molar refractivity (Wildman–Crippen MR) is 55.4 cm³/mol. The summed E-state index contributed by atoms with van der Waals surface area (Å²) in [6.45, 7) is 1.89. The minimum Gasteiger partial charge on any atom is -0.396 e. The Morgan fingerprint density at radius 1 is 1.40 bits per heavy atom. The van der Waals surface area contributed by atoms with Crippen LogP contribution in [0.5, 0.6) is 0 Å². The standard InChI is InChI=1S/C10H11N3O2/c1-6-2-3-8(11)10(12-6)13-5-7(14)4-9(13)15/h2-3H,4-5,11H2,1H3. The Bertz CT molecular complexity index is 442. The van der Waals surface area contributed by atoms with Crippen molar-refractivity contribution in [2.24, 2.45) is 0 Å². The molecule has 0 spiro atoms. The Morgan fingerprint density at radius 3 is 2.73 bits per heavy atom. The molecule has 78 valence electrons. The lowest BCUT2D eigenvalue weighted by Gasteiger charge is -2.15. The average molecular weight is 205 g/mol. The summed E-state index contributed by atoms with van der Waals surface area (Å²) in [5.74, 6) is 0.0679. The highest BCUT2D eigenvalue weighted by molar-refractivity contribution is 6.15. The highest BCUT2D eigenvalue weighted by Gasteiger charge is 2.30. The van der Waals surface area contributed by atoms with Crippen molar-refractivity contribution in [3.63, 3.8) is 0 Å². The fraction of sp³-hybridized carbons (Fsp3) is 0.300. The first-order valence-electron chi connectivity index (χ1n) is 4.63. The Labute approximate surface area is 86.9 Å². The van der Waals surface area contributed by atoms with Gasteiger partial charge in [0.15, 0.2) is 11.6 Å². The maximum Gasteiger partial charge on any atom is 0.236 e. The van der Waals surface area contributed by atoms with Gasteiger partial charge in [0.05, 0.1) is 18.7 Å². The highest BCUT2D eigenvalue weighted by atomic mass is 16.2. The van der Waals surface area contributed by atoms with E-state index in [0.717, 1.165) is 5.69 Å². The zero-order valence-electron chi connectivity index (χ0n) is 8.36. The first kappa shape index (κ1) is 9.64. The fourth-order valence-electron chi connectivity index (χ4n) is 1.55. The molecule has 1 saturated heterocycles. The van der Waals surface area contributed by atoms with Gasteiger partial charge in [-0.2, -0.15) is 0 Å². The molecule has 1 fully saturated rings. The number of nitrogen functional groups attached to an aromatic ring is 1. The molecule has 1 aliphatic heterocycles. The van der Waals surface area contributed by atoms with Gasteiger partial charge in [-0.05, 0) is 19.1 Å². The topological polar surface area (TPSA) is 76.3 Å². The van der Waals surface area contributed by atoms with Crippen LogP contribution in [-0.4, -0.2) is 23.2 Å². The number of hydrogen-bond acceptors (Lipinski definition) is 4. The van der Waals surface area contributed by atoms with Crippen molar-refractivity contribution in [3.05, 3.63) is 17.8 Å². The molecular weight excluding hydrogens is 194 g/mol. The van der Waals surface area contributed by atoms with Gasteiger partial charge in [0.25, 0.3) is 0 Å². The van der Waals surface area contributed by atoms with Gasteiger partial charge in [-0.3, -0.25) is 14.5 Å². The number of anilines is 2. The molecule has 5 heteroatoms. The summed E-state index contributed by atoms with van der Waals surface area (Å²) in [5.41, 5.74) is 6.90. The van der Waals surface area contributed by atoms with E-state index in [-0.39, 0.29) is 24.7 Å². The molecule has 2 rings (SSSR count).